The molecule has 29 heavy (non-hydrogen) atoms. The van der Waals surface area contributed by atoms with Crippen molar-refractivity contribution in [2.75, 3.05) is 20.2 Å². The van der Waals surface area contributed by atoms with Crippen LogP contribution in [0, 0.1) is 5.92 Å². The fourth-order valence-corrected chi connectivity index (χ4v) is 3.63. The molecule has 1 fully saturated rings. The Morgan fingerprint density at radius 2 is 1.72 bits per heavy atom. The highest BCUT2D eigenvalue weighted by atomic mass is 16.5. The van der Waals surface area contributed by atoms with Crippen LogP contribution in [0.5, 0.6) is 5.75 Å². The lowest BCUT2D eigenvalue weighted by Crippen LogP contribution is -2.43. The number of amides is 2. The second-order valence-electron chi connectivity index (χ2n) is 7.32. The summed E-state index contributed by atoms with van der Waals surface area (Å²) in [5.41, 5.74) is 1.96. The van der Waals surface area contributed by atoms with E-state index in [-0.39, 0.29) is 23.8 Å². The van der Waals surface area contributed by atoms with Gasteiger partial charge in [0.15, 0.2) is 0 Å². The second kappa shape index (κ2) is 9.92. The molecular formula is C24H28N2O3. The lowest BCUT2D eigenvalue weighted by Gasteiger charge is -2.31. The number of carbonyl (C=O) groups excluding carboxylic acids is 2. The van der Waals surface area contributed by atoms with Gasteiger partial charge in [0.25, 0.3) is 0 Å². The van der Waals surface area contributed by atoms with E-state index >= 15 is 0 Å². The average Bonchev–Trinajstić information content (AvgIpc) is 2.78. The maximum Gasteiger partial charge on any atom is 0.246 e. The van der Waals surface area contributed by atoms with Crippen molar-refractivity contribution in [1.82, 2.24) is 10.2 Å². The van der Waals surface area contributed by atoms with E-state index in [2.05, 4.69) is 5.32 Å². The van der Waals surface area contributed by atoms with Crippen LogP contribution >= 0.6 is 0 Å². The molecule has 0 bridgehead atoms. The molecule has 2 amide bonds. The third-order valence-electron chi connectivity index (χ3n) is 5.36. The van der Waals surface area contributed by atoms with E-state index in [0.29, 0.717) is 25.9 Å². The maximum atomic E-state index is 12.7. The highest BCUT2D eigenvalue weighted by Gasteiger charge is 2.27. The van der Waals surface area contributed by atoms with Crippen LogP contribution in [0.2, 0.25) is 0 Å². The number of likely N-dealkylation sites (tertiary alicyclic amines) is 1. The van der Waals surface area contributed by atoms with Gasteiger partial charge in [-0.25, -0.2) is 0 Å². The molecular weight excluding hydrogens is 364 g/mol. The molecule has 2 aromatic rings. The van der Waals surface area contributed by atoms with E-state index in [9.17, 15) is 9.59 Å². The normalized spacial score (nSPS) is 15.9. The standard InChI is InChI=1S/C24H28N2O3/c1-18(21-10-6-7-11-22(21)29-2)25-24(28)20-14-16-26(17-15-20)23(27)13-12-19-8-4-3-5-9-19/h3-13,18,20H,14-17H2,1-2H3,(H,25,28)/b13-12+/t18-/m1/s1. The molecule has 1 heterocycles. The van der Waals surface area contributed by atoms with Gasteiger partial charge in [-0.15, -0.1) is 0 Å². The lowest BCUT2D eigenvalue weighted by molar-refractivity contribution is -0.132. The minimum atomic E-state index is -0.132. The van der Waals surface area contributed by atoms with E-state index in [0.717, 1.165) is 16.9 Å². The molecule has 0 aliphatic carbocycles. The van der Waals surface area contributed by atoms with Crippen molar-refractivity contribution in [3.63, 3.8) is 0 Å². The predicted molar refractivity (Wildman–Crippen MR) is 114 cm³/mol. The van der Waals surface area contributed by atoms with Gasteiger partial charge in [0.2, 0.25) is 11.8 Å². The van der Waals surface area contributed by atoms with Crippen molar-refractivity contribution in [3.8, 4) is 5.75 Å². The number of hydrogen-bond donors (Lipinski definition) is 1. The van der Waals surface area contributed by atoms with E-state index in [1.54, 1.807) is 13.2 Å². The third-order valence-corrected chi connectivity index (χ3v) is 5.36. The van der Waals surface area contributed by atoms with Crippen LogP contribution in [0.1, 0.15) is 36.9 Å². The van der Waals surface area contributed by atoms with Crippen molar-refractivity contribution in [3.05, 3.63) is 71.8 Å². The molecule has 0 aromatic heterocycles. The average molecular weight is 392 g/mol. The summed E-state index contributed by atoms with van der Waals surface area (Å²) >= 11 is 0. The molecule has 0 radical (unpaired) electrons. The summed E-state index contributed by atoms with van der Waals surface area (Å²) in [5.74, 6) is 0.727. The number of nitrogens with one attached hydrogen (secondary N) is 1. The Morgan fingerprint density at radius 1 is 1.07 bits per heavy atom. The fourth-order valence-electron chi connectivity index (χ4n) is 3.63. The van der Waals surface area contributed by atoms with Crippen molar-refractivity contribution in [1.29, 1.82) is 0 Å². The number of ether oxygens (including phenoxy) is 1. The molecule has 3 rings (SSSR count). The second-order valence-corrected chi connectivity index (χ2v) is 7.32. The minimum Gasteiger partial charge on any atom is -0.496 e. The maximum absolute atomic E-state index is 12.7. The molecule has 1 saturated heterocycles. The van der Waals surface area contributed by atoms with Gasteiger partial charge in [-0.05, 0) is 37.5 Å². The van der Waals surface area contributed by atoms with Crippen LogP contribution in [0.15, 0.2) is 60.7 Å². The molecule has 0 unspecified atom stereocenters. The Hall–Kier alpha value is -3.08. The molecule has 1 aliphatic heterocycles. The number of benzene rings is 2. The van der Waals surface area contributed by atoms with Crippen molar-refractivity contribution in [2.24, 2.45) is 5.92 Å². The van der Waals surface area contributed by atoms with Gasteiger partial charge in [-0.3, -0.25) is 9.59 Å². The molecule has 1 atom stereocenters. The number of piperidine rings is 1. The van der Waals surface area contributed by atoms with Crippen molar-refractivity contribution < 1.29 is 14.3 Å². The van der Waals surface area contributed by atoms with Crippen LogP contribution in [-0.4, -0.2) is 36.9 Å². The highest BCUT2D eigenvalue weighted by Crippen LogP contribution is 2.25. The van der Waals surface area contributed by atoms with Gasteiger partial charge < -0.3 is 15.0 Å². The van der Waals surface area contributed by atoms with E-state index < -0.39 is 0 Å². The largest absolute Gasteiger partial charge is 0.496 e. The molecule has 2 aromatic carbocycles. The summed E-state index contributed by atoms with van der Waals surface area (Å²) < 4.78 is 5.39. The zero-order chi connectivity index (χ0) is 20.6. The fraction of sp³-hybridized carbons (Fsp3) is 0.333. The first-order valence-electron chi connectivity index (χ1n) is 10.0. The molecule has 0 saturated carbocycles. The number of carbonyl (C=O) groups is 2. The summed E-state index contributed by atoms with van der Waals surface area (Å²) in [4.78, 5) is 26.9. The molecule has 5 nitrogen and oxygen atoms in total. The van der Waals surface area contributed by atoms with Gasteiger partial charge >= 0.3 is 0 Å². The van der Waals surface area contributed by atoms with Gasteiger partial charge in [-0.1, -0.05) is 48.5 Å². The predicted octanol–water partition coefficient (Wildman–Crippen LogP) is 3.82. The minimum absolute atomic E-state index is 0.00454. The number of nitrogens with zero attached hydrogens (tertiary/aromatic N) is 1. The van der Waals surface area contributed by atoms with Gasteiger partial charge in [-0.2, -0.15) is 0 Å². The Balaban J connectivity index is 1.50. The summed E-state index contributed by atoms with van der Waals surface area (Å²) in [5, 5.41) is 3.09. The summed E-state index contributed by atoms with van der Waals surface area (Å²) in [6, 6.07) is 17.3. The highest BCUT2D eigenvalue weighted by molar-refractivity contribution is 5.92. The smallest absolute Gasteiger partial charge is 0.246 e. The topological polar surface area (TPSA) is 58.6 Å². The molecule has 0 spiro atoms. The zero-order valence-corrected chi connectivity index (χ0v) is 17.0. The molecule has 152 valence electrons. The first-order valence-corrected chi connectivity index (χ1v) is 10.0. The van der Waals surface area contributed by atoms with Gasteiger partial charge in [0, 0.05) is 30.6 Å². The number of methoxy groups -OCH3 is 1. The Bertz CT molecular complexity index is 855. The van der Waals surface area contributed by atoms with Crippen LogP contribution in [0.25, 0.3) is 6.08 Å². The Labute approximate surface area is 172 Å². The summed E-state index contributed by atoms with van der Waals surface area (Å²) in [6.07, 6.45) is 4.79. The lowest BCUT2D eigenvalue weighted by atomic mass is 9.95. The summed E-state index contributed by atoms with van der Waals surface area (Å²) in [7, 11) is 1.63. The first kappa shape index (κ1) is 20.6. The summed E-state index contributed by atoms with van der Waals surface area (Å²) in [6.45, 7) is 3.15. The van der Waals surface area contributed by atoms with Crippen LogP contribution in [0.3, 0.4) is 0 Å². The Kier molecular flexibility index (Phi) is 7.06. The zero-order valence-electron chi connectivity index (χ0n) is 17.0. The van der Waals surface area contributed by atoms with E-state index in [4.69, 9.17) is 4.74 Å². The number of hydrogen-bond acceptors (Lipinski definition) is 3. The van der Waals surface area contributed by atoms with Gasteiger partial charge in [0.05, 0.1) is 13.2 Å². The molecule has 5 heteroatoms. The van der Waals surface area contributed by atoms with E-state index in [1.807, 2.05) is 72.5 Å². The third kappa shape index (κ3) is 5.47. The SMILES string of the molecule is COc1ccccc1[C@@H](C)NC(=O)C1CCN(C(=O)/C=C/c2ccccc2)CC1. The van der Waals surface area contributed by atoms with Crippen LogP contribution in [0.4, 0.5) is 0 Å². The quantitative estimate of drug-likeness (QED) is 0.760. The number of para-hydroxylation sites is 1. The molecule has 1 aliphatic rings. The van der Waals surface area contributed by atoms with Crippen LogP contribution in [-0.2, 0) is 9.59 Å². The Morgan fingerprint density at radius 3 is 2.41 bits per heavy atom. The van der Waals surface area contributed by atoms with E-state index in [1.165, 1.54) is 0 Å². The first-order chi connectivity index (χ1) is 14.1. The van der Waals surface area contributed by atoms with Gasteiger partial charge in [0.1, 0.15) is 5.75 Å². The van der Waals surface area contributed by atoms with Crippen molar-refractivity contribution >= 4 is 17.9 Å². The molecule has 1 N–H and O–H groups in total. The van der Waals surface area contributed by atoms with Crippen molar-refractivity contribution in [2.45, 2.75) is 25.8 Å². The number of rotatable bonds is 6. The van der Waals surface area contributed by atoms with Crippen LogP contribution < -0.4 is 10.1 Å². The monoisotopic (exact) mass is 392 g/mol.